The van der Waals surface area contributed by atoms with Gasteiger partial charge in [-0.1, -0.05) is 0 Å². The van der Waals surface area contributed by atoms with E-state index < -0.39 is 12.2 Å². The SMILES string of the molecule is F[B-](F)(F)F.NCc1cc[n+](Cc2ccc([N+](=O)[O-])cc2)cc1. The molecule has 0 bridgehead atoms. The average Bonchev–Trinajstić information content (AvgIpc) is 2.47. The molecule has 2 N–H and O–H groups in total. The zero-order valence-corrected chi connectivity index (χ0v) is 11.9. The lowest BCUT2D eigenvalue weighted by Gasteiger charge is -1.99. The fourth-order valence-corrected chi connectivity index (χ4v) is 1.66. The molecule has 1 heterocycles. The summed E-state index contributed by atoms with van der Waals surface area (Å²) in [6, 6.07) is 10.5. The minimum Gasteiger partial charge on any atom is -0.418 e. The van der Waals surface area contributed by atoms with Gasteiger partial charge in [0.25, 0.3) is 5.69 Å². The van der Waals surface area contributed by atoms with Crippen LogP contribution in [0, 0.1) is 10.1 Å². The highest BCUT2D eigenvalue weighted by Crippen LogP contribution is 2.11. The number of nitrogens with two attached hydrogens (primary N) is 1. The lowest BCUT2D eigenvalue weighted by Crippen LogP contribution is -2.33. The largest absolute Gasteiger partial charge is 0.673 e. The van der Waals surface area contributed by atoms with Crippen molar-refractivity contribution in [1.29, 1.82) is 0 Å². The number of benzene rings is 1. The maximum Gasteiger partial charge on any atom is 0.673 e. The maximum absolute atomic E-state index is 10.5. The molecule has 1 aromatic heterocycles. The fraction of sp³-hybridized carbons (Fsp3) is 0.154. The van der Waals surface area contributed by atoms with E-state index in [0.29, 0.717) is 13.1 Å². The highest BCUT2D eigenvalue weighted by Gasteiger charge is 2.20. The van der Waals surface area contributed by atoms with Crippen molar-refractivity contribution in [2.75, 3.05) is 0 Å². The van der Waals surface area contributed by atoms with Crippen LogP contribution in [-0.4, -0.2) is 12.2 Å². The molecule has 1 aromatic carbocycles. The van der Waals surface area contributed by atoms with Gasteiger partial charge in [-0.3, -0.25) is 10.1 Å². The minimum atomic E-state index is -6.00. The molecule has 0 fully saturated rings. The highest BCUT2D eigenvalue weighted by atomic mass is 19.5. The smallest absolute Gasteiger partial charge is 0.418 e. The number of nitrogens with zero attached hydrogens (tertiary/aromatic N) is 2. The predicted molar refractivity (Wildman–Crippen MR) is 76.9 cm³/mol. The first-order chi connectivity index (χ1) is 10.7. The summed E-state index contributed by atoms with van der Waals surface area (Å²) in [4.78, 5) is 10.1. The second-order valence-corrected chi connectivity index (χ2v) is 4.50. The molecule has 0 aliphatic carbocycles. The van der Waals surface area contributed by atoms with Gasteiger partial charge in [-0.15, -0.1) is 0 Å². The van der Waals surface area contributed by atoms with Gasteiger partial charge in [-0.05, 0) is 17.7 Å². The number of non-ortho nitro benzene ring substituents is 1. The molecule has 5 nitrogen and oxygen atoms in total. The third-order valence-corrected chi connectivity index (χ3v) is 2.71. The Labute approximate surface area is 129 Å². The monoisotopic (exact) mass is 331 g/mol. The molecule has 0 amide bonds. The molecule has 23 heavy (non-hydrogen) atoms. The van der Waals surface area contributed by atoms with Gasteiger partial charge in [0.05, 0.1) is 4.92 Å². The molecule has 0 saturated carbocycles. The van der Waals surface area contributed by atoms with Gasteiger partial charge in [0, 0.05) is 36.4 Å². The third-order valence-electron chi connectivity index (χ3n) is 2.71. The van der Waals surface area contributed by atoms with Crippen LogP contribution in [0.5, 0.6) is 0 Å². The highest BCUT2D eigenvalue weighted by molar-refractivity contribution is 6.50. The maximum atomic E-state index is 10.5. The Hall–Kier alpha value is -2.49. The number of pyridine rings is 1. The molecule has 0 unspecified atom stereocenters. The summed E-state index contributed by atoms with van der Waals surface area (Å²) in [5.74, 6) is 0. The zero-order valence-electron chi connectivity index (χ0n) is 11.9. The molecule has 0 spiro atoms. The fourth-order valence-electron chi connectivity index (χ4n) is 1.66. The van der Waals surface area contributed by atoms with Crippen LogP contribution in [0.2, 0.25) is 0 Å². The lowest BCUT2D eigenvalue weighted by molar-refractivity contribution is -0.688. The van der Waals surface area contributed by atoms with E-state index in [1.807, 2.05) is 29.1 Å². The van der Waals surface area contributed by atoms with Crippen molar-refractivity contribution in [2.45, 2.75) is 13.1 Å². The van der Waals surface area contributed by atoms with Crippen molar-refractivity contribution < 1.29 is 26.8 Å². The summed E-state index contributed by atoms with van der Waals surface area (Å²) >= 11 is 0. The number of rotatable bonds is 4. The van der Waals surface area contributed by atoms with Crippen LogP contribution < -0.4 is 10.3 Å². The number of hydrogen-bond donors (Lipinski definition) is 1. The van der Waals surface area contributed by atoms with Crippen LogP contribution in [0.1, 0.15) is 11.1 Å². The number of hydrogen-bond acceptors (Lipinski definition) is 3. The second-order valence-electron chi connectivity index (χ2n) is 4.50. The molecule has 124 valence electrons. The normalized spacial score (nSPS) is 10.7. The molecule has 0 aliphatic heterocycles. The first-order valence-corrected chi connectivity index (χ1v) is 6.47. The van der Waals surface area contributed by atoms with E-state index in [4.69, 9.17) is 5.73 Å². The van der Waals surface area contributed by atoms with Gasteiger partial charge in [0.2, 0.25) is 0 Å². The van der Waals surface area contributed by atoms with Crippen molar-refractivity contribution in [3.8, 4) is 0 Å². The molecule has 0 radical (unpaired) electrons. The van der Waals surface area contributed by atoms with E-state index in [-0.39, 0.29) is 5.69 Å². The number of nitro groups is 1. The van der Waals surface area contributed by atoms with Gasteiger partial charge in [0.1, 0.15) is 0 Å². The van der Waals surface area contributed by atoms with E-state index in [1.54, 1.807) is 12.1 Å². The van der Waals surface area contributed by atoms with Crippen molar-refractivity contribution in [3.05, 3.63) is 70.0 Å². The summed E-state index contributed by atoms with van der Waals surface area (Å²) in [6.45, 7) is 1.21. The molecular formula is C13H14BF4N3O2. The molecule has 0 atom stereocenters. The summed E-state index contributed by atoms with van der Waals surface area (Å²) in [6.07, 6.45) is 3.90. The van der Waals surface area contributed by atoms with Crippen LogP contribution >= 0.6 is 0 Å². The third kappa shape index (κ3) is 7.91. The van der Waals surface area contributed by atoms with Crippen molar-refractivity contribution in [3.63, 3.8) is 0 Å². The van der Waals surface area contributed by atoms with E-state index in [1.165, 1.54) is 12.1 Å². The van der Waals surface area contributed by atoms with Crippen LogP contribution in [0.3, 0.4) is 0 Å². The number of halogens is 4. The molecular weight excluding hydrogens is 317 g/mol. The summed E-state index contributed by atoms with van der Waals surface area (Å²) in [5.41, 5.74) is 7.74. The summed E-state index contributed by atoms with van der Waals surface area (Å²) < 4.78 is 41.0. The van der Waals surface area contributed by atoms with E-state index in [0.717, 1.165) is 11.1 Å². The lowest BCUT2D eigenvalue weighted by atomic mass is 10.2. The Morgan fingerprint density at radius 1 is 1.00 bits per heavy atom. The molecule has 0 saturated heterocycles. The Morgan fingerprint density at radius 3 is 1.87 bits per heavy atom. The Balaban J connectivity index is 0.000000463. The Bertz CT molecular complexity index is 627. The van der Waals surface area contributed by atoms with Crippen LogP contribution in [0.25, 0.3) is 0 Å². The van der Waals surface area contributed by atoms with Gasteiger partial charge >= 0.3 is 7.25 Å². The molecule has 10 heteroatoms. The van der Waals surface area contributed by atoms with Crippen LogP contribution in [0.4, 0.5) is 23.0 Å². The quantitative estimate of drug-likeness (QED) is 0.308. The number of aromatic nitrogens is 1. The van der Waals surface area contributed by atoms with E-state index >= 15 is 0 Å². The first-order valence-electron chi connectivity index (χ1n) is 6.47. The topological polar surface area (TPSA) is 73.0 Å². The van der Waals surface area contributed by atoms with Crippen LogP contribution in [0.15, 0.2) is 48.8 Å². The zero-order chi connectivity index (χ0) is 17.5. The minimum absolute atomic E-state index is 0.113. The standard InChI is InChI=1S/C13H14N3O2.BF4/c14-9-11-5-7-15(8-6-11)10-12-1-3-13(4-2-12)16(17)18;2-1(3,4)5/h1-8H,9-10,14H2;/q+1;-1. The Kier molecular flexibility index (Phi) is 6.64. The van der Waals surface area contributed by atoms with Crippen molar-refractivity contribution in [2.24, 2.45) is 5.73 Å². The van der Waals surface area contributed by atoms with Gasteiger partial charge in [-0.2, -0.15) is 0 Å². The Morgan fingerprint density at radius 2 is 1.48 bits per heavy atom. The average molecular weight is 331 g/mol. The summed E-state index contributed by atoms with van der Waals surface area (Å²) in [7, 11) is -6.00. The van der Waals surface area contributed by atoms with Crippen molar-refractivity contribution >= 4 is 12.9 Å². The van der Waals surface area contributed by atoms with E-state index in [9.17, 15) is 27.4 Å². The van der Waals surface area contributed by atoms with Gasteiger partial charge in [-0.25, -0.2) is 4.57 Å². The first kappa shape index (κ1) is 18.6. The number of nitro benzene ring substituents is 1. The molecule has 2 aromatic rings. The van der Waals surface area contributed by atoms with Crippen molar-refractivity contribution in [1.82, 2.24) is 0 Å². The molecule has 2 rings (SSSR count). The summed E-state index contributed by atoms with van der Waals surface area (Å²) in [5, 5.41) is 10.5. The van der Waals surface area contributed by atoms with Gasteiger partial charge in [0.15, 0.2) is 18.9 Å². The second kappa shape index (κ2) is 8.23. The van der Waals surface area contributed by atoms with Crippen LogP contribution in [-0.2, 0) is 13.1 Å². The predicted octanol–water partition coefficient (Wildman–Crippen LogP) is 2.69. The molecule has 0 aliphatic rings. The van der Waals surface area contributed by atoms with E-state index in [2.05, 4.69) is 0 Å². The van der Waals surface area contributed by atoms with Gasteiger partial charge < -0.3 is 23.0 Å².